The van der Waals surface area contributed by atoms with Gasteiger partial charge in [0.25, 0.3) is 5.91 Å². The Morgan fingerprint density at radius 2 is 1.88 bits per heavy atom. The molecule has 0 aromatic heterocycles. The Morgan fingerprint density at radius 3 is 2.50 bits per heavy atom. The van der Waals surface area contributed by atoms with Crippen molar-refractivity contribution in [2.45, 2.75) is 63.2 Å². The number of benzene rings is 1. The number of rotatable bonds is 7. The van der Waals surface area contributed by atoms with E-state index in [0.29, 0.717) is 22.8 Å². The van der Waals surface area contributed by atoms with Gasteiger partial charge in [0.1, 0.15) is 6.61 Å². The van der Waals surface area contributed by atoms with Crippen LogP contribution in [0.1, 0.15) is 48.7 Å². The van der Waals surface area contributed by atoms with E-state index in [4.69, 9.17) is 4.74 Å². The normalized spacial score (nSPS) is 21.5. The minimum atomic E-state index is -1.34. The first-order valence-corrected chi connectivity index (χ1v) is 12.8. The Bertz CT molecular complexity index is 893. The summed E-state index contributed by atoms with van der Waals surface area (Å²) < 4.78 is 5.53. The first-order valence-electron chi connectivity index (χ1n) is 10.5. The number of amides is 2. The topological polar surface area (TPSA) is 111 Å². The van der Waals surface area contributed by atoms with E-state index < -0.39 is 18.4 Å². The average Bonchev–Trinajstić information content (AvgIpc) is 3.13. The Labute approximate surface area is 196 Å². The average molecular weight is 483 g/mol. The van der Waals surface area contributed by atoms with E-state index in [0.717, 1.165) is 10.5 Å². The number of carbonyl (C=O) groups excluding carboxylic acids is 2. The standard InChI is InChI=1S/C22H30N2O6S2/c1-12(2)31-32-14(4)11-30-22(29)24-18-7-16(10-26)15(9-25)6-17(18)20(27)23-8-13(3)5-19(23)21(24)28/h6-7,12,14,19,21,25-26,28H,3,5,8-11H2,1-2,4H3/t14-,19+,21?/m1/s1. The molecule has 0 aliphatic carbocycles. The van der Waals surface area contributed by atoms with E-state index in [1.807, 2.05) is 6.92 Å². The largest absolute Gasteiger partial charge is 0.448 e. The van der Waals surface area contributed by atoms with Crippen molar-refractivity contribution in [2.75, 3.05) is 18.1 Å². The molecule has 2 heterocycles. The van der Waals surface area contributed by atoms with E-state index >= 15 is 0 Å². The third-order valence-corrected chi connectivity index (χ3v) is 8.79. The lowest BCUT2D eigenvalue weighted by Crippen LogP contribution is -2.51. The summed E-state index contributed by atoms with van der Waals surface area (Å²) in [5.74, 6) is -0.366. The maximum Gasteiger partial charge on any atom is 0.416 e. The summed E-state index contributed by atoms with van der Waals surface area (Å²) in [5, 5.41) is 31.1. The van der Waals surface area contributed by atoms with Crippen LogP contribution in [0.2, 0.25) is 0 Å². The molecule has 1 unspecified atom stereocenters. The van der Waals surface area contributed by atoms with Gasteiger partial charge in [0.15, 0.2) is 6.23 Å². The molecule has 2 aliphatic heterocycles. The summed E-state index contributed by atoms with van der Waals surface area (Å²) in [7, 11) is 3.31. The summed E-state index contributed by atoms with van der Waals surface area (Å²) in [4.78, 5) is 29.0. The number of anilines is 1. The second-order valence-electron chi connectivity index (χ2n) is 8.32. The molecule has 8 nitrogen and oxygen atoms in total. The van der Waals surface area contributed by atoms with Gasteiger partial charge < -0.3 is 25.0 Å². The van der Waals surface area contributed by atoms with E-state index in [2.05, 4.69) is 20.4 Å². The number of aliphatic hydroxyl groups is 3. The SMILES string of the molecule is C=C1C[C@H]2C(O)N(C(=O)OC[C@@H](C)SSC(C)C)c3cc(CO)c(CO)cc3C(=O)N2C1. The fourth-order valence-electron chi connectivity index (χ4n) is 3.83. The summed E-state index contributed by atoms with van der Waals surface area (Å²) >= 11 is 0. The van der Waals surface area contributed by atoms with Gasteiger partial charge in [-0.1, -0.05) is 47.6 Å². The number of ether oxygens (including phenoxy) is 1. The summed E-state index contributed by atoms with van der Waals surface area (Å²) in [6.45, 7) is 9.71. The molecule has 0 saturated carbocycles. The molecule has 3 N–H and O–H groups in total. The predicted octanol–water partition coefficient (Wildman–Crippen LogP) is 2.90. The van der Waals surface area contributed by atoms with Crippen molar-refractivity contribution >= 4 is 39.3 Å². The highest BCUT2D eigenvalue weighted by molar-refractivity contribution is 8.77. The van der Waals surface area contributed by atoms with Gasteiger partial charge in [-0.3, -0.25) is 4.79 Å². The predicted molar refractivity (Wildman–Crippen MR) is 126 cm³/mol. The van der Waals surface area contributed by atoms with Crippen LogP contribution in [0.25, 0.3) is 0 Å². The van der Waals surface area contributed by atoms with Gasteiger partial charge >= 0.3 is 6.09 Å². The Hall–Kier alpha value is -1.72. The van der Waals surface area contributed by atoms with Crippen molar-refractivity contribution in [3.8, 4) is 0 Å². The highest BCUT2D eigenvalue weighted by atomic mass is 33.1. The van der Waals surface area contributed by atoms with Crippen LogP contribution in [0.5, 0.6) is 0 Å². The first kappa shape index (κ1) is 24.9. The molecule has 3 atom stereocenters. The molecule has 2 amide bonds. The monoisotopic (exact) mass is 482 g/mol. The Kier molecular flexibility index (Phi) is 8.16. The van der Waals surface area contributed by atoms with Crippen LogP contribution >= 0.6 is 21.6 Å². The second-order valence-corrected chi connectivity index (χ2v) is 11.6. The highest BCUT2D eigenvalue weighted by Crippen LogP contribution is 2.38. The number of aliphatic hydroxyl groups excluding tert-OH is 3. The van der Waals surface area contributed by atoms with Crippen molar-refractivity contribution in [1.82, 2.24) is 4.90 Å². The van der Waals surface area contributed by atoms with Crippen LogP contribution in [-0.2, 0) is 18.0 Å². The zero-order valence-corrected chi connectivity index (χ0v) is 20.1. The van der Waals surface area contributed by atoms with Crippen molar-refractivity contribution in [1.29, 1.82) is 0 Å². The number of carbonyl (C=O) groups is 2. The molecule has 1 aromatic rings. The van der Waals surface area contributed by atoms with Crippen LogP contribution in [0, 0.1) is 0 Å². The van der Waals surface area contributed by atoms with Gasteiger partial charge in [-0.2, -0.15) is 0 Å². The number of fused-ring (bicyclic) bond motifs is 2. The zero-order chi connectivity index (χ0) is 23.6. The molecule has 1 aromatic carbocycles. The summed E-state index contributed by atoms with van der Waals surface area (Å²) in [6, 6.07) is 2.28. The molecule has 10 heteroatoms. The third-order valence-electron chi connectivity index (χ3n) is 5.36. The highest BCUT2D eigenvalue weighted by Gasteiger charge is 2.46. The first-order chi connectivity index (χ1) is 15.2. The van der Waals surface area contributed by atoms with Crippen molar-refractivity contribution in [2.24, 2.45) is 0 Å². The maximum atomic E-state index is 13.3. The van der Waals surface area contributed by atoms with Crippen LogP contribution in [0.3, 0.4) is 0 Å². The van der Waals surface area contributed by atoms with Gasteiger partial charge in [-0.15, -0.1) is 0 Å². The molecule has 0 radical (unpaired) electrons. The Morgan fingerprint density at radius 1 is 1.22 bits per heavy atom. The molecule has 2 aliphatic rings. The quantitative estimate of drug-likeness (QED) is 0.402. The van der Waals surface area contributed by atoms with Crippen molar-refractivity contribution in [3.63, 3.8) is 0 Å². The van der Waals surface area contributed by atoms with Gasteiger partial charge in [0.05, 0.1) is 30.5 Å². The fraction of sp³-hybridized carbons (Fsp3) is 0.545. The molecule has 0 bridgehead atoms. The van der Waals surface area contributed by atoms with Crippen LogP contribution < -0.4 is 4.90 Å². The lowest BCUT2D eigenvalue weighted by Gasteiger charge is -2.31. The van der Waals surface area contributed by atoms with Crippen molar-refractivity contribution < 1.29 is 29.6 Å². The van der Waals surface area contributed by atoms with Crippen molar-refractivity contribution in [3.05, 3.63) is 41.0 Å². The maximum absolute atomic E-state index is 13.3. The van der Waals surface area contributed by atoms with Crippen LogP contribution in [0.4, 0.5) is 10.5 Å². The fourth-order valence-corrected chi connectivity index (χ4v) is 5.76. The Balaban J connectivity index is 1.96. The van der Waals surface area contributed by atoms with E-state index in [-0.39, 0.29) is 48.8 Å². The lowest BCUT2D eigenvalue weighted by molar-refractivity contribution is 0.0491. The van der Waals surface area contributed by atoms with E-state index in [1.165, 1.54) is 17.0 Å². The smallest absolute Gasteiger partial charge is 0.416 e. The lowest BCUT2D eigenvalue weighted by atomic mass is 10.0. The molecule has 0 spiro atoms. The van der Waals surface area contributed by atoms with E-state index in [9.17, 15) is 24.9 Å². The number of nitrogens with zero attached hydrogens (tertiary/aromatic N) is 2. The van der Waals surface area contributed by atoms with E-state index in [1.54, 1.807) is 21.6 Å². The molecule has 1 fully saturated rings. The van der Waals surface area contributed by atoms with Gasteiger partial charge in [0.2, 0.25) is 0 Å². The van der Waals surface area contributed by atoms with Gasteiger partial charge in [0, 0.05) is 17.0 Å². The van der Waals surface area contributed by atoms with Gasteiger partial charge in [-0.05, 0) is 36.6 Å². The second kappa shape index (κ2) is 10.5. The van der Waals surface area contributed by atoms with Crippen LogP contribution in [0.15, 0.2) is 24.3 Å². The number of hydrogen-bond acceptors (Lipinski definition) is 8. The molecule has 1 saturated heterocycles. The molecule has 3 rings (SSSR count). The minimum Gasteiger partial charge on any atom is -0.448 e. The summed E-state index contributed by atoms with van der Waals surface area (Å²) in [6.07, 6.45) is -1.75. The minimum absolute atomic E-state index is 0.0316. The molecule has 32 heavy (non-hydrogen) atoms. The summed E-state index contributed by atoms with van der Waals surface area (Å²) in [5.41, 5.74) is 1.86. The number of hydrogen-bond donors (Lipinski definition) is 3. The van der Waals surface area contributed by atoms with Crippen LogP contribution in [-0.4, -0.2) is 68.1 Å². The zero-order valence-electron chi connectivity index (χ0n) is 18.5. The molecule has 176 valence electrons. The molecular formula is C22H30N2O6S2. The third kappa shape index (κ3) is 5.09. The molecular weight excluding hydrogens is 452 g/mol. The van der Waals surface area contributed by atoms with Gasteiger partial charge in [-0.25, -0.2) is 9.69 Å².